The van der Waals surface area contributed by atoms with Crippen molar-refractivity contribution in [1.82, 2.24) is 25.6 Å². The molecule has 2 N–H and O–H groups in total. The Morgan fingerprint density at radius 1 is 1.33 bits per heavy atom. The third-order valence-corrected chi connectivity index (χ3v) is 3.98. The maximum absolute atomic E-state index is 4.39. The molecular weight excluding hydrogens is 246 g/mol. The van der Waals surface area contributed by atoms with Crippen molar-refractivity contribution in [1.29, 1.82) is 0 Å². The van der Waals surface area contributed by atoms with Crippen LogP contribution in [-0.4, -0.2) is 34.1 Å². The second-order valence-electron chi connectivity index (χ2n) is 4.29. The average Bonchev–Trinajstić information content (AvgIpc) is 3.09. The summed E-state index contributed by atoms with van der Waals surface area (Å²) < 4.78 is 0. The topological polar surface area (TPSA) is 62.7 Å². The first kappa shape index (κ1) is 11.7. The molecule has 0 spiro atoms. The normalized spacial score (nSPS) is 19.2. The maximum atomic E-state index is 4.39. The number of thiazole rings is 1. The molecule has 2 aromatic heterocycles. The van der Waals surface area contributed by atoms with Crippen molar-refractivity contribution in [2.75, 3.05) is 13.1 Å². The molecule has 1 fully saturated rings. The number of aromatic nitrogens is 3. The fourth-order valence-corrected chi connectivity index (χ4v) is 2.82. The van der Waals surface area contributed by atoms with Crippen LogP contribution in [0.2, 0.25) is 0 Å². The van der Waals surface area contributed by atoms with Gasteiger partial charge in [-0.05, 0) is 13.0 Å². The molecule has 18 heavy (non-hydrogen) atoms. The molecule has 1 atom stereocenters. The lowest BCUT2D eigenvalue weighted by atomic mass is 10.2. The Hall–Kier alpha value is -1.37. The number of nitrogens with one attached hydrogen (secondary N) is 2. The van der Waals surface area contributed by atoms with E-state index in [1.165, 1.54) is 11.3 Å². The highest BCUT2D eigenvalue weighted by molar-refractivity contribution is 7.14. The Kier molecular flexibility index (Phi) is 3.59. The first-order chi connectivity index (χ1) is 8.92. The molecular formula is C12H15N5S. The molecule has 0 saturated carbocycles. The molecule has 3 rings (SSSR count). The van der Waals surface area contributed by atoms with E-state index in [9.17, 15) is 0 Å². The smallest absolute Gasteiger partial charge is 0.143 e. The van der Waals surface area contributed by atoms with Gasteiger partial charge in [-0.2, -0.15) is 0 Å². The highest BCUT2D eigenvalue weighted by Crippen LogP contribution is 2.22. The first-order valence-corrected chi connectivity index (χ1v) is 6.88. The number of nitrogens with zero attached hydrogens (tertiary/aromatic N) is 3. The van der Waals surface area contributed by atoms with Gasteiger partial charge in [-0.15, -0.1) is 11.3 Å². The summed E-state index contributed by atoms with van der Waals surface area (Å²) in [5, 5.41) is 7.82. The van der Waals surface area contributed by atoms with E-state index in [4.69, 9.17) is 0 Å². The van der Waals surface area contributed by atoms with Crippen molar-refractivity contribution < 1.29 is 0 Å². The van der Waals surface area contributed by atoms with Gasteiger partial charge >= 0.3 is 0 Å². The predicted octanol–water partition coefficient (Wildman–Crippen LogP) is 1.05. The van der Waals surface area contributed by atoms with Gasteiger partial charge in [0, 0.05) is 42.6 Å². The fourth-order valence-electron chi connectivity index (χ4n) is 1.99. The third-order valence-electron chi connectivity index (χ3n) is 2.96. The van der Waals surface area contributed by atoms with Crippen LogP contribution in [0.25, 0.3) is 10.7 Å². The summed E-state index contributed by atoms with van der Waals surface area (Å²) in [6.45, 7) is 3.06. The highest BCUT2D eigenvalue weighted by atomic mass is 32.1. The van der Waals surface area contributed by atoms with Crippen LogP contribution in [0.4, 0.5) is 0 Å². The summed E-state index contributed by atoms with van der Waals surface area (Å²) in [5.41, 5.74) is 0.844. The molecule has 94 valence electrons. The summed E-state index contributed by atoms with van der Waals surface area (Å²) in [4.78, 5) is 13.9. The monoisotopic (exact) mass is 261 g/mol. The molecule has 6 heteroatoms. The van der Waals surface area contributed by atoms with E-state index in [0.29, 0.717) is 6.04 Å². The number of hydrogen-bond acceptors (Lipinski definition) is 6. The number of rotatable bonds is 4. The Morgan fingerprint density at radius 3 is 3.11 bits per heavy atom. The van der Waals surface area contributed by atoms with Crippen molar-refractivity contribution in [2.45, 2.75) is 19.0 Å². The zero-order valence-corrected chi connectivity index (χ0v) is 10.8. The minimum atomic E-state index is 0.590. The number of hydrogen-bond donors (Lipinski definition) is 2. The second-order valence-corrected chi connectivity index (χ2v) is 5.41. The molecule has 0 amide bonds. The molecule has 5 nitrogen and oxygen atoms in total. The van der Waals surface area contributed by atoms with Gasteiger partial charge in [0.05, 0.1) is 6.20 Å². The summed E-state index contributed by atoms with van der Waals surface area (Å²) in [6.07, 6.45) is 8.24. The van der Waals surface area contributed by atoms with Gasteiger partial charge in [-0.1, -0.05) is 0 Å². The molecule has 0 aromatic carbocycles. The van der Waals surface area contributed by atoms with Gasteiger partial charge in [-0.25, -0.2) is 4.98 Å². The van der Waals surface area contributed by atoms with Gasteiger partial charge < -0.3 is 10.6 Å². The molecule has 2 aromatic rings. The van der Waals surface area contributed by atoms with Gasteiger partial charge in [0.25, 0.3) is 0 Å². The molecule has 1 aliphatic rings. The predicted molar refractivity (Wildman–Crippen MR) is 71.3 cm³/mol. The SMILES string of the molecule is c1cnc(-c2ncc(CNC3CCNC3)s2)cn1. The standard InChI is InChI=1S/C12H15N5S/c1-2-13-5-9(1)16-6-10-7-17-12(18-10)11-8-14-3-4-15-11/h3-4,7-9,13,16H,1-2,5-6H2. The van der Waals surface area contributed by atoms with Crippen molar-refractivity contribution >= 4 is 11.3 Å². The van der Waals surface area contributed by atoms with Gasteiger partial charge in [0.1, 0.15) is 10.7 Å². The van der Waals surface area contributed by atoms with E-state index in [1.807, 2.05) is 6.20 Å². The van der Waals surface area contributed by atoms with Gasteiger partial charge in [-0.3, -0.25) is 9.97 Å². The first-order valence-electron chi connectivity index (χ1n) is 6.07. The van der Waals surface area contributed by atoms with Crippen LogP contribution in [0.5, 0.6) is 0 Å². The lowest BCUT2D eigenvalue weighted by molar-refractivity contribution is 0.550. The molecule has 1 unspecified atom stereocenters. The summed E-state index contributed by atoms with van der Waals surface area (Å²) in [6, 6.07) is 0.590. The Labute approximate surface area is 110 Å². The van der Waals surface area contributed by atoms with E-state index in [2.05, 4.69) is 25.6 Å². The van der Waals surface area contributed by atoms with Crippen LogP contribution in [0.15, 0.2) is 24.8 Å². The summed E-state index contributed by atoms with van der Waals surface area (Å²) in [5.74, 6) is 0. The quantitative estimate of drug-likeness (QED) is 0.861. The van der Waals surface area contributed by atoms with Crippen molar-refractivity contribution in [3.63, 3.8) is 0 Å². The minimum absolute atomic E-state index is 0.590. The van der Waals surface area contributed by atoms with Crippen LogP contribution in [0.1, 0.15) is 11.3 Å². The van der Waals surface area contributed by atoms with E-state index in [0.717, 1.165) is 30.3 Å². The van der Waals surface area contributed by atoms with Crippen LogP contribution in [0, 0.1) is 0 Å². The molecule has 0 radical (unpaired) electrons. The van der Waals surface area contributed by atoms with E-state index >= 15 is 0 Å². The van der Waals surface area contributed by atoms with Crippen molar-refractivity contribution in [2.24, 2.45) is 0 Å². The van der Waals surface area contributed by atoms with E-state index in [-0.39, 0.29) is 0 Å². The van der Waals surface area contributed by atoms with Crippen LogP contribution in [0.3, 0.4) is 0 Å². The zero-order valence-electron chi connectivity index (χ0n) is 9.97. The lowest BCUT2D eigenvalue weighted by Crippen LogP contribution is -2.30. The average molecular weight is 261 g/mol. The molecule has 1 saturated heterocycles. The molecule has 1 aliphatic heterocycles. The highest BCUT2D eigenvalue weighted by Gasteiger charge is 2.14. The Morgan fingerprint density at radius 2 is 2.33 bits per heavy atom. The van der Waals surface area contributed by atoms with Crippen LogP contribution < -0.4 is 10.6 Å². The molecule has 0 aliphatic carbocycles. The zero-order chi connectivity index (χ0) is 12.2. The van der Waals surface area contributed by atoms with Gasteiger partial charge in [0.15, 0.2) is 0 Å². The fraction of sp³-hybridized carbons (Fsp3) is 0.417. The Bertz CT molecular complexity index is 492. The van der Waals surface area contributed by atoms with E-state index in [1.54, 1.807) is 29.9 Å². The lowest BCUT2D eigenvalue weighted by Gasteiger charge is -2.08. The summed E-state index contributed by atoms with van der Waals surface area (Å²) in [7, 11) is 0. The van der Waals surface area contributed by atoms with E-state index < -0.39 is 0 Å². The Balaban J connectivity index is 1.63. The third kappa shape index (κ3) is 2.72. The molecule has 0 bridgehead atoms. The molecule has 3 heterocycles. The second kappa shape index (κ2) is 5.51. The van der Waals surface area contributed by atoms with Crippen LogP contribution in [-0.2, 0) is 6.54 Å². The minimum Gasteiger partial charge on any atom is -0.315 e. The largest absolute Gasteiger partial charge is 0.315 e. The summed E-state index contributed by atoms with van der Waals surface area (Å²) >= 11 is 1.67. The van der Waals surface area contributed by atoms with Crippen molar-refractivity contribution in [3.05, 3.63) is 29.7 Å². The van der Waals surface area contributed by atoms with Gasteiger partial charge in [0.2, 0.25) is 0 Å². The van der Waals surface area contributed by atoms with Crippen LogP contribution >= 0.6 is 11.3 Å². The van der Waals surface area contributed by atoms with Crippen molar-refractivity contribution in [3.8, 4) is 10.7 Å². The maximum Gasteiger partial charge on any atom is 0.143 e.